The maximum Gasteiger partial charge on any atom is 0.0897 e. The third-order valence-electron chi connectivity index (χ3n) is 4.87. The summed E-state index contributed by atoms with van der Waals surface area (Å²) in [6, 6.07) is 10.2. The zero-order valence-corrected chi connectivity index (χ0v) is 18.0. The fourth-order valence-corrected chi connectivity index (χ4v) is 3.15. The van der Waals surface area contributed by atoms with Gasteiger partial charge in [0.05, 0.1) is 25.9 Å². The van der Waals surface area contributed by atoms with Gasteiger partial charge in [-0.05, 0) is 12.0 Å². The van der Waals surface area contributed by atoms with E-state index in [1.54, 1.807) is 0 Å². The van der Waals surface area contributed by atoms with Crippen molar-refractivity contribution in [2.45, 2.75) is 83.8 Å². The minimum Gasteiger partial charge on any atom is -0.389 e. The first-order valence-corrected chi connectivity index (χ1v) is 11.4. The first-order chi connectivity index (χ1) is 13.8. The summed E-state index contributed by atoms with van der Waals surface area (Å²) in [6.45, 7) is 5.99. The van der Waals surface area contributed by atoms with Gasteiger partial charge in [0, 0.05) is 19.7 Å². The molecule has 0 aliphatic heterocycles. The summed E-state index contributed by atoms with van der Waals surface area (Å²) in [4.78, 5) is 0. The molecule has 162 valence electrons. The van der Waals surface area contributed by atoms with E-state index in [0.717, 1.165) is 19.6 Å². The second-order valence-electron chi connectivity index (χ2n) is 7.65. The van der Waals surface area contributed by atoms with Crippen LogP contribution in [0.25, 0.3) is 0 Å². The van der Waals surface area contributed by atoms with Crippen molar-refractivity contribution in [2.75, 3.05) is 32.9 Å². The number of benzene rings is 1. The van der Waals surface area contributed by atoms with Crippen LogP contribution in [-0.2, 0) is 16.1 Å². The molecule has 0 saturated carbocycles. The molecule has 0 radical (unpaired) electrons. The maximum atomic E-state index is 9.92. The lowest BCUT2D eigenvalue weighted by Crippen LogP contribution is -2.32. The summed E-state index contributed by atoms with van der Waals surface area (Å²) < 4.78 is 11.2. The molecule has 0 aromatic heterocycles. The highest BCUT2D eigenvalue weighted by atomic mass is 16.5. The van der Waals surface area contributed by atoms with Crippen LogP contribution in [0.5, 0.6) is 0 Å². The molecule has 1 rings (SSSR count). The summed E-state index contributed by atoms with van der Waals surface area (Å²) in [5, 5.41) is 13.1. The van der Waals surface area contributed by atoms with Gasteiger partial charge in [0.1, 0.15) is 0 Å². The first kappa shape index (κ1) is 25.1. The van der Waals surface area contributed by atoms with E-state index in [-0.39, 0.29) is 0 Å². The molecule has 0 bridgehead atoms. The largest absolute Gasteiger partial charge is 0.389 e. The Balaban J connectivity index is 1.76. The molecular formula is C24H43NO3. The molecule has 28 heavy (non-hydrogen) atoms. The van der Waals surface area contributed by atoms with Crippen LogP contribution in [0.1, 0.15) is 76.7 Å². The number of hydrogen-bond donors (Lipinski definition) is 2. The van der Waals surface area contributed by atoms with Crippen LogP contribution in [0.2, 0.25) is 0 Å². The lowest BCUT2D eigenvalue weighted by molar-refractivity contribution is 0.0339. The molecule has 1 unspecified atom stereocenters. The van der Waals surface area contributed by atoms with Gasteiger partial charge in [-0.2, -0.15) is 0 Å². The third-order valence-corrected chi connectivity index (χ3v) is 4.87. The molecule has 0 aliphatic rings. The van der Waals surface area contributed by atoms with Crippen molar-refractivity contribution < 1.29 is 14.6 Å². The molecule has 4 nitrogen and oxygen atoms in total. The van der Waals surface area contributed by atoms with Crippen molar-refractivity contribution >= 4 is 0 Å². The molecule has 0 aliphatic carbocycles. The second kappa shape index (κ2) is 19.4. The van der Waals surface area contributed by atoms with Crippen LogP contribution in [0.3, 0.4) is 0 Å². The average molecular weight is 394 g/mol. The number of nitrogens with one attached hydrogen (secondary N) is 1. The predicted octanol–water partition coefficient (Wildman–Crippen LogP) is 5.09. The molecule has 0 fully saturated rings. The van der Waals surface area contributed by atoms with Crippen molar-refractivity contribution in [3.05, 3.63) is 35.9 Å². The van der Waals surface area contributed by atoms with E-state index in [1.165, 1.54) is 63.4 Å². The lowest BCUT2D eigenvalue weighted by atomic mass is 10.1. The summed E-state index contributed by atoms with van der Waals surface area (Å²) >= 11 is 0. The van der Waals surface area contributed by atoms with Gasteiger partial charge < -0.3 is 19.9 Å². The van der Waals surface area contributed by atoms with Crippen LogP contribution in [0, 0.1) is 0 Å². The van der Waals surface area contributed by atoms with Crippen LogP contribution < -0.4 is 5.32 Å². The molecule has 2 N–H and O–H groups in total. The molecule has 1 aromatic rings. The van der Waals surface area contributed by atoms with Crippen molar-refractivity contribution in [1.29, 1.82) is 0 Å². The Morgan fingerprint density at radius 2 is 1.46 bits per heavy atom. The second-order valence-corrected chi connectivity index (χ2v) is 7.65. The van der Waals surface area contributed by atoms with Crippen molar-refractivity contribution in [1.82, 2.24) is 5.32 Å². The van der Waals surface area contributed by atoms with Crippen LogP contribution in [0.15, 0.2) is 30.3 Å². The van der Waals surface area contributed by atoms with Gasteiger partial charge in [0.15, 0.2) is 0 Å². The van der Waals surface area contributed by atoms with Crippen molar-refractivity contribution in [3.63, 3.8) is 0 Å². The minimum atomic E-state index is -0.447. The Bertz CT molecular complexity index is 427. The highest BCUT2D eigenvalue weighted by molar-refractivity contribution is 5.13. The van der Waals surface area contributed by atoms with E-state index in [2.05, 4.69) is 24.4 Å². The lowest BCUT2D eigenvalue weighted by Gasteiger charge is -2.12. The molecule has 4 heteroatoms. The first-order valence-electron chi connectivity index (χ1n) is 11.4. The standard InChI is InChI=1S/C24H43NO3/c1-2-3-4-5-6-7-8-9-10-14-18-27-22-24(26)20-25-17-19-28-21-23-15-12-11-13-16-23/h11-13,15-16,24-26H,2-10,14,17-22H2,1H3. The predicted molar refractivity (Wildman–Crippen MR) is 118 cm³/mol. The minimum absolute atomic E-state index is 0.412. The van der Waals surface area contributed by atoms with E-state index in [9.17, 15) is 5.11 Å². The van der Waals surface area contributed by atoms with Gasteiger partial charge in [-0.1, -0.05) is 95.0 Å². The molecule has 0 amide bonds. The van der Waals surface area contributed by atoms with Gasteiger partial charge in [-0.3, -0.25) is 0 Å². The Labute approximate surface area is 173 Å². The summed E-state index contributed by atoms with van der Waals surface area (Å²) in [7, 11) is 0. The number of unbranched alkanes of at least 4 members (excludes halogenated alkanes) is 9. The fourth-order valence-electron chi connectivity index (χ4n) is 3.15. The van der Waals surface area contributed by atoms with Gasteiger partial charge >= 0.3 is 0 Å². The highest BCUT2D eigenvalue weighted by Gasteiger charge is 2.03. The quantitative estimate of drug-likeness (QED) is 0.303. The van der Waals surface area contributed by atoms with Gasteiger partial charge in [0.2, 0.25) is 0 Å². The van der Waals surface area contributed by atoms with Gasteiger partial charge in [-0.25, -0.2) is 0 Å². The molecule has 0 spiro atoms. The average Bonchev–Trinajstić information content (AvgIpc) is 2.72. The summed E-state index contributed by atoms with van der Waals surface area (Å²) in [5.74, 6) is 0. The maximum absolute atomic E-state index is 9.92. The van der Waals surface area contributed by atoms with Crippen molar-refractivity contribution in [2.24, 2.45) is 0 Å². The summed E-state index contributed by atoms with van der Waals surface area (Å²) in [5.41, 5.74) is 1.18. The van der Waals surface area contributed by atoms with Gasteiger partial charge in [0.25, 0.3) is 0 Å². The topological polar surface area (TPSA) is 50.7 Å². The Morgan fingerprint density at radius 1 is 0.821 bits per heavy atom. The third kappa shape index (κ3) is 16.1. The Morgan fingerprint density at radius 3 is 2.14 bits per heavy atom. The van der Waals surface area contributed by atoms with E-state index in [1.807, 2.05) is 18.2 Å². The molecule has 1 atom stereocenters. The molecule has 0 saturated heterocycles. The van der Waals surface area contributed by atoms with Crippen LogP contribution in [-0.4, -0.2) is 44.1 Å². The number of aliphatic hydroxyl groups excluding tert-OH is 1. The fraction of sp³-hybridized carbons (Fsp3) is 0.750. The SMILES string of the molecule is CCCCCCCCCCCCOCC(O)CNCCOCc1ccccc1. The smallest absolute Gasteiger partial charge is 0.0897 e. The van der Waals surface area contributed by atoms with Crippen molar-refractivity contribution in [3.8, 4) is 0 Å². The molecular weight excluding hydrogens is 350 g/mol. The Kier molecular flexibility index (Phi) is 17.4. The van der Waals surface area contributed by atoms with E-state index in [0.29, 0.717) is 26.4 Å². The molecule has 1 aromatic carbocycles. The normalized spacial score (nSPS) is 12.4. The number of aliphatic hydroxyl groups is 1. The number of hydrogen-bond acceptors (Lipinski definition) is 4. The van der Waals surface area contributed by atoms with Gasteiger partial charge in [-0.15, -0.1) is 0 Å². The van der Waals surface area contributed by atoms with E-state index < -0.39 is 6.10 Å². The number of ether oxygens (including phenoxy) is 2. The monoisotopic (exact) mass is 393 g/mol. The number of rotatable bonds is 20. The Hall–Kier alpha value is -0.940. The van der Waals surface area contributed by atoms with E-state index in [4.69, 9.17) is 9.47 Å². The summed E-state index contributed by atoms with van der Waals surface area (Å²) in [6.07, 6.45) is 12.9. The van der Waals surface area contributed by atoms with E-state index >= 15 is 0 Å². The van der Waals surface area contributed by atoms with Crippen LogP contribution in [0.4, 0.5) is 0 Å². The zero-order valence-electron chi connectivity index (χ0n) is 18.0. The molecule has 0 heterocycles. The highest BCUT2D eigenvalue weighted by Crippen LogP contribution is 2.10. The van der Waals surface area contributed by atoms with Crippen LogP contribution >= 0.6 is 0 Å². The zero-order chi connectivity index (χ0) is 20.1.